The summed E-state index contributed by atoms with van der Waals surface area (Å²) in [7, 11) is 3.67. The van der Waals surface area contributed by atoms with Gasteiger partial charge in [-0.25, -0.2) is 0 Å². The van der Waals surface area contributed by atoms with Gasteiger partial charge in [-0.1, -0.05) is 53.5 Å². The number of carbonyl (C=O) groups is 1. The van der Waals surface area contributed by atoms with Gasteiger partial charge in [0.2, 0.25) is 5.75 Å². The number of rotatable bonds is 8. The van der Waals surface area contributed by atoms with Crippen LogP contribution in [0.15, 0.2) is 54.6 Å². The predicted molar refractivity (Wildman–Crippen MR) is 184 cm³/mol. The Labute approximate surface area is 289 Å². The SMILES string of the molecule is COc1cc(C(=O)N2CCO[C@](CCN3CCC4(CC3)c3ccccc3C[S@]4=O)(c3ccc(Cl)c(Cl)c3)C2)cc(OC)c1OC.Cl. The maximum absolute atomic E-state index is 14.0. The Morgan fingerprint density at radius 1 is 0.935 bits per heavy atom. The molecule has 1 spiro atoms. The number of nitrogens with zero attached hydrogens (tertiary/aromatic N) is 2. The normalized spacial score (nSPS) is 22.2. The van der Waals surface area contributed by atoms with Gasteiger partial charge in [0, 0.05) is 35.2 Å². The molecule has 248 valence electrons. The monoisotopic (exact) mass is 708 g/mol. The van der Waals surface area contributed by atoms with Crippen molar-refractivity contribution in [1.29, 1.82) is 0 Å². The van der Waals surface area contributed by atoms with E-state index >= 15 is 0 Å². The lowest BCUT2D eigenvalue weighted by molar-refractivity contribution is -0.113. The molecule has 3 aliphatic heterocycles. The Kier molecular flexibility index (Phi) is 10.8. The van der Waals surface area contributed by atoms with Crippen molar-refractivity contribution in [2.24, 2.45) is 0 Å². The summed E-state index contributed by atoms with van der Waals surface area (Å²) in [6.07, 6.45) is 2.34. The Morgan fingerprint density at radius 2 is 1.63 bits per heavy atom. The fourth-order valence-corrected chi connectivity index (χ4v) is 9.25. The molecule has 46 heavy (non-hydrogen) atoms. The van der Waals surface area contributed by atoms with Crippen molar-refractivity contribution in [3.63, 3.8) is 0 Å². The van der Waals surface area contributed by atoms with E-state index in [2.05, 4.69) is 23.1 Å². The zero-order chi connectivity index (χ0) is 31.8. The minimum Gasteiger partial charge on any atom is -0.493 e. The molecule has 0 bridgehead atoms. The van der Waals surface area contributed by atoms with Crippen molar-refractivity contribution >= 4 is 52.3 Å². The number of hydrogen-bond acceptors (Lipinski definition) is 7. The fourth-order valence-electron chi connectivity index (χ4n) is 7.06. The Hall–Kier alpha value is -2.53. The topological polar surface area (TPSA) is 77.5 Å². The summed E-state index contributed by atoms with van der Waals surface area (Å²) in [5, 5.41) is 0.899. The van der Waals surface area contributed by atoms with Crippen molar-refractivity contribution in [2.45, 2.75) is 35.4 Å². The smallest absolute Gasteiger partial charge is 0.254 e. The molecule has 2 atom stereocenters. The van der Waals surface area contributed by atoms with Gasteiger partial charge in [-0.3, -0.25) is 9.00 Å². The number of hydrogen-bond donors (Lipinski definition) is 0. The number of morpholine rings is 1. The summed E-state index contributed by atoms with van der Waals surface area (Å²) in [4.78, 5) is 18.2. The van der Waals surface area contributed by atoms with Crippen molar-refractivity contribution in [3.8, 4) is 17.2 Å². The molecule has 8 nitrogen and oxygen atoms in total. The molecule has 0 saturated carbocycles. The molecule has 0 unspecified atom stereocenters. The number of ether oxygens (including phenoxy) is 4. The second-order valence-corrected chi connectivity index (χ2v) is 14.4. The van der Waals surface area contributed by atoms with E-state index in [0.29, 0.717) is 64.7 Å². The Balaban J connectivity index is 0.00000417. The highest BCUT2D eigenvalue weighted by molar-refractivity contribution is 7.85. The van der Waals surface area contributed by atoms with Crippen LogP contribution >= 0.6 is 35.6 Å². The summed E-state index contributed by atoms with van der Waals surface area (Å²) in [5.41, 5.74) is 2.97. The van der Waals surface area contributed by atoms with Crippen LogP contribution in [0, 0.1) is 0 Å². The van der Waals surface area contributed by atoms with Gasteiger partial charge in [0.25, 0.3) is 5.91 Å². The number of halogens is 3. The quantitative estimate of drug-likeness (QED) is 0.266. The third-order valence-corrected chi connectivity index (χ3v) is 12.4. The van der Waals surface area contributed by atoms with Crippen LogP contribution < -0.4 is 14.2 Å². The lowest BCUT2D eigenvalue weighted by atomic mass is 9.85. The zero-order valence-electron chi connectivity index (χ0n) is 26.2. The molecule has 0 N–H and O–H groups in total. The first-order valence-electron chi connectivity index (χ1n) is 15.1. The molecular weight excluding hydrogens is 671 g/mol. The van der Waals surface area contributed by atoms with E-state index < -0.39 is 16.4 Å². The van der Waals surface area contributed by atoms with E-state index in [0.717, 1.165) is 38.0 Å². The highest BCUT2D eigenvalue weighted by atomic mass is 35.5. The minimum atomic E-state index is -0.914. The van der Waals surface area contributed by atoms with Gasteiger partial charge in [-0.05, 0) is 73.3 Å². The van der Waals surface area contributed by atoms with Gasteiger partial charge in [0.1, 0.15) is 5.60 Å². The maximum Gasteiger partial charge on any atom is 0.254 e. The number of piperidine rings is 1. The van der Waals surface area contributed by atoms with Gasteiger partial charge in [-0.2, -0.15) is 0 Å². The van der Waals surface area contributed by atoms with Gasteiger partial charge in [-0.15, -0.1) is 12.4 Å². The van der Waals surface area contributed by atoms with E-state index in [1.54, 1.807) is 18.2 Å². The summed E-state index contributed by atoms with van der Waals surface area (Å²) in [5.74, 6) is 1.73. The van der Waals surface area contributed by atoms with Crippen LogP contribution in [-0.2, 0) is 31.6 Å². The first-order chi connectivity index (χ1) is 21.7. The third-order valence-electron chi connectivity index (χ3n) is 9.56. The molecule has 12 heteroatoms. The van der Waals surface area contributed by atoms with Gasteiger partial charge in [0.15, 0.2) is 11.5 Å². The molecule has 2 fully saturated rings. The largest absolute Gasteiger partial charge is 0.493 e. The number of likely N-dealkylation sites (tertiary alicyclic amines) is 1. The first-order valence-corrected chi connectivity index (χ1v) is 17.2. The Morgan fingerprint density at radius 3 is 2.28 bits per heavy atom. The van der Waals surface area contributed by atoms with Crippen molar-refractivity contribution in [3.05, 3.63) is 86.9 Å². The van der Waals surface area contributed by atoms with Crippen molar-refractivity contribution in [2.75, 3.05) is 60.7 Å². The lowest BCUT2D eigenvalue weighted by Crippen LogP contribution is -2.53. The number of carbonyl (C=O) groups excluding carboxylic acids is 1. The van der Waals surface area contributed by atoms with E-state index in [-0.39, 0.29) is 23.1 Å². The van der Waals surface area contributed by atoms with Crippen LogP contribution in [0.4, 0.5) is 0 Å². The average Bonchev–Trinajstić information content (AvgIpc) is 3.34. The zero-order valence-corrected chi connectivity index (χ0v) is 29.3. The van der Waals surface area contributed by atoms with E-state index in [1.807, 2.05) is 23.1 Å². The summed E-state index contributed by atoms with van der Waals surface area (Å²) in [6, 6.07) is 17.3. The molecule has 0 aromatic heterocycles. The van der Waals surface area contributed by atoms with Crippen LogP contribution in [0.1, 0.15) is 46.3 Å². The van der Waals surface area contributed by atoms with E-state index in [4.69, 9.17) is 42.1 Å². The highest BCUT2D eigenvalue weighted by Gasteiger charge is 2.47. The second-order valence-electron chi connectivity index (χ2n) is 11.8. The van der Waals surface area contributed by atoms with Crippen LogP contribution in [0.5, 0.6) is 17.2 Å². The third kappa shape index (κ3) is 6.34. The minimum absolute atomic E-state index is 0. The van der Waals surface area contributed by atoms with E-state index in [1.165, 1.54) is 32.5 Å². The van der Waals surface area contributed by atoms with Crippen molar-refractivity contribution < 1.29 is 28.0 Å². The number of benzene rings is 3. The number of amides is 1. The van der Waals surface area contributed by atoms with Crippen LogP contribution in [-0.4, -0.2) is 80.6 Å². The molecule has 3 heterocycles. The molecule has 0 radical (unpaired) electrons. The first kappa shape index (κ1) is 34.8. The average molecular weight is 710 g/mol. The van der Waals surface area contributed by atoms with Crippen molar-refractivity contribution in [1.82, 2.24) is 9.80 Å². The lowest BCUT2D eigenvalue weighted by Gasteiger charge is -2.45. The number of methoxy groups -OCH3 is 3. The highest BCUT2D eigenvalue weighted by Crippen LogP contribution is 2.47. The van der Waals surface area contributed by atoms with Crippen LogP contribution in [0.2, 0.25) is 10.0 Å². The van der Waals surface area contributed by atoms with E-state index in [9.17, 15) is 9.00 Å². The molecule has 2 saturated heterocycles. The molecule has 3 aromatic rings. The van der Waals surface area contributed by atoms with Gasteiger partial charge < -0.3 is 28.7 Å². The fraction of sp³-hybridized carbons (Fsp3) is 0.441. The molecule has 3 aromatic carbocycles. The second kappa shape index (κ2) is 14.3. The predicted octanol–water partition coefficient (Wildman–Crippen LogP) is 6.45. The molecular formula is C34H39Cl3N2O6S. The molecule has 6 rings (SSSR count). The summed E-state index contributed by atoms with van der Waals surface area (Å²) in [6.45, 7) is 3.54. The maximum atomic E-state index is 14.0. The van der Waals surface area contributed by atoms with Crippen LogP contribution in [0.3, 0.4) is 0 Å². The van der Waals surface area contributed by atoms with Gasteiger partial charge >= 0.3 is 0 Å². The van der Waals surface area contributed by atoms with Gasteiger partial charge in [0.05, 0.1) is 49.3 Å². The summed E-state index contributed by atoms with van der Waals surface area (Å²) < 4.78 is 36.1. The number of fused-ring (bicyclic) bond motifs is 2. The Bertz CT molecular complexity index is 1590. The molecule has 3 aliphatic rings. The molecule has 0 aliphatic carbocycles. The van der Waals surface area contributed by atoms with Crippen LogP contribution in [0.25, 0.3) is 0 Å². The standard InChI is InChI=1S/C34H38Cl2N2O6S.ClH/c1-41-29-18-24(19-30(42-2)31(29)43-3)32(39)38-16-17-44-33(22-38,25-8-9-27(35)28(36)20-25)10-13-37-14-11-34(12-15-37)26-7-5-4-6-23(26)21-45(34)40;/h4-9,18-20H,10-17,21-22H2,1-3H3;1H/t33-,45+;/m0./s1. The summed E-state index contributed by atoms with van der Waals surface area (Å²) >= 11 is 12.8. The molecule has 1 amide bonds.